The van der Waals surface area contributed by atoms with Crippen molar-refractivity contribution in [3.8, 4) is 11.5 Å². The van der Waals surface area contributed by atoms with Crippen molar-refractivity contribution in [2.45, 2.75) is 13.0 Å². The molecule has 0 aliphatic heterocycles. The van der Waals surface area contributed by atoms with Crippen LogP contribution >= 0.6 is 0 Å². The zero-order chi connectivity index (χ0) is 20.2. The molecule has 0 spiro atoms. The Kier molecular flexibility index (Phi) is 8.58. The standard InChI is InChI=1S/C20H27N5O3/c1-15(28-18-9-5-4-8-17(18)27-3)13-25-20(21-2)24-12-11-23-19(26)16-7-6-10-22-14-16/h4-10,14-15H,11-13H2,1-3H3,(H,23,26)(H2,21,24,25). The van der Waals surface area contributed by atoms with Crippen molar-refractivity contribution in [2.75, 3.05) is 33.8 Å². The van der Waals surface area contributed by atoms with Gasteiger partial charge in [-0.1, -0.05) is 12.1 Å². The van der Waals surface area contributed by atoms with Gasteiger partial charge in [-0.2, -0.15) is 0 Å². The molecule has 0 fully saturated rings. The highest BCUT2D eigenvalue weighted by Crippen LogP contribution is 2.26. The molecule has 0 saturated heterocycles. The summed E-state index contributed by atoms with van der Waals surface area (Å²) in [7, 11) is 3.30. The molecule has 1 amide bonds. The van der Waals surface area contributed by atoms with E-state index in [2.05, 4.69) is 25.9 Å². The van der Waals surface area contributed by atoms with Crippen LogP contribution in [0, 0.1) is 0 Å². The molecule has 0 aliphatic rings. The van der Waals surface area contributed by atoms with E-state index in [1.165, 1.54) is 6.20 Å². The van der Waals surface area contributed by atoms with Crippen LogP contribution in [0.3, 0.4) is 0 Å². The molecule has 2 rings (SSSR count). The van der Waals surface area contributed by atoms with E-state index in [4.69, 9.17) is 9.47 Å². The Bertz CT molecular complexity index is 767. The fourth-order valence-corrected chi connectivity index (χ4v) is 2.39. The average Bonchev–Trinajstić information content (AvgIpc) is 2.74. The topological polar surface area (TPSA) is 96.9 Å². The van der Waals surface area contributed by atoms with Gasteiger partial charge in [-0.3, -0.25) is 14.8 Å². The lowest BCUT2D eigenvalue weighted by Gasteiger charge is -2.19. The molecule has 2 aromatic rings. The van der Waals surface area contributed by atoms with Gasteiger partial charge in [0.05, 0.1) is 19.2 Å². The molecule has 150 valence electrons. The number of rotatable bonds is 9. The summed E-state index contributed by atoms with van der Waals surface area (Å²) in [4.78, 5) is 20.0. The highest BCUT2D eigenvalue weighted by atomic mass is 16.5. The van der Waals surface area contributed by atoms with E-state index in [9.17, 15) is 4.79 Å². The van der Waals surface area contributed by atoms with Crippen LogP contribution in [-0.4, -0.2) is 56.7 Å². The normalized spacial score (nSPS) is 12.0. The van der Waals surface area contributed by atoms with Crippen LogP contribution in [0.15, 0.2) is 53.8 Å². The first-order valence-electron chi connectivity index (χ1n) is 9.06. The summed E-state index contributed by atoms with van der Waals surface area (Å²) in [5.41, 5.74) is 0.535. The van der Waals surface area contributed by atoms with Crippen molar-refractivity contribution < 1.29 is 14.3 Å². The van der Waals surface area contributed by atoms with Crippen molar-refractivity contribution >= 4 is 11.9 Å². The molecule has 28 heavy (non-hydrogen) atoms. The number of hydrogen-bond acceptors (Lipinski definition) is 5. The monoisotopic (exact) mass is 385 g/mol. The number of hydrogen-bond donors (Lipinski definition) is 3. The molecule has 1 unspecified atom stereocenters. The van der Waals surface area contributed by atoms with E-state index in [0.717, 1.165) is 0 Å². The van der Waals surface area contributed by atoms with Gasteiger partial charge in [0.2, 0.25) is 0 Å². The fourth-order valence-electron chi connectivity index (χ4n) is 2.39. The smallest absolute Gasteiger partial charge is 0.252 e. The number of ether oxygens (including phenoxy) is 2. The number of aliphatic imine (C=N–C) groups is 1. The highest BCUT2D eigenvalue weighted by molar-refractivity contribution is 5.93. The van der Waals surface area contributed by atoms with Crippen LogP contribution in [0.5, 0.6) is 11.5 Å². The summed E-state index contributed by atoms with van der Waals surface area (Å²) in [6.07, 6.45) is 3.07. The van der Waals surface area contributed by atoms with Gasteiger partial charge in [-0.05, 0) is 31.2 Å². The van der Waals surface area contributed by atoms with E-state index >= 15 is 0 Å². The van der Waals surface area contributed by atoms with E-state index in [0.29, 0.717) is 42.7 Å². The number of carbonyl (C=O) groups excluding carboxylic acids is 1. The molecule has 8 nitrogen and oxygen atoms in total. The van der Waals surface area contributed by atoms with E-state index in [1.807, 2.05) is 31.2 Å². The Hall–Kier alpha value is -3.29. The number of guanidine groups is 1. The first-order chi connectivity index (χ1) is 13.6. The largest absolute Gasteiger partial charge is 0.493 e. The molecule has 1 atom stereocenters. The number of amides is 1. The maximum Gasteiger partial charge on any atom is 0.252 e. The zero-order valence-corrected chi connectivity index (χ0v) is 16.4. The van der Waals surface area contributed by atoms with Gasteiger partial charge in [0.15, 0.2) is 17.5 Å². The molecule has 1 aromatic carbocycles. The molecule has 1 heterocycles. The first-order valence-corrected chi connectivity index (χ1v) is 9.06. The van der Waals surface area contributed by atoms with Crippen LogP contribution in [0.4, 0.5) is 0 Å². The van der Waals surface area contributed by atoms with Gasteiger partial charge >= 0.3 is 0 Å². The maximum absolute atomic E-state index is 11.9. The average molecular weight is 385 g/mol. The number of pyridine rings is 1. The molecular formula is C20H27N5O3. The Labute approximate surface area is 165 Å². The second kappa shape index (κ2) is 11.4. The third-order valence-corrected chi connectivity index (χ3v) is 3.80. The van der Waals surface area contributed by atoms with Gasteiger partial charge in [0.1, 0.15) is 6.10 Å². The van der Waals surface area contributed by atoms with Crippen molar-refractivity contribution in [3.63, 3.8) is 0 Å². The van der Waals surface area contributed by atoms with E-state index < -0.39 is 0 Å². The van der Waals surface area contributed by atoms with Crippen molar-refractivity contribution in [3.05, 3.63) is 54.4 Å². The van der Waals surface area contributed by atoms with E-state index in [1.54, 1.807) is 32.5 Å². The highest BCUT2D eigenvalue weighted by Gasteiger charge is 2.09. The molecule has 0 bridgehead atoms. The van der Waals surface area contributed by atoms with Gasteiger partial charge in [-0.15, -0.1) is 0 Å². The minimum atomic E-state index is -0.156. The van der Waals surface area contributed by atoms with Crippen LogP contribution in [-0.2, 0) is 0 Å². The number of nitrogens with one attached hydrogen (secondary N) is 3. The number of aromatic nitrogens is 1. The van der Waals surface area contributed by atoms with Crippen molar-refractivity contribution in [2.24, 2.45) is 4.99 Å². The molecule has 0 saturated carbocycles. The van der Waals surface area contributed by atoms with Crippen LogP contribution in [0.25, 0.3) is 0 Å². The third-order valence-electron chi connectivity index (χ3n) is 3.80. The van der Waals surface area contributed by atoms with Gasteiger partial charge < -0.3 is 25.4 Å². The quantitative estimate of drug-likeness (QED) is 0.343. The third kappa shape index (κ3) is 6.79. The summed E-state index contributed by atoms with van der Waals surface area (Å²) in [5, 5.41) is 9.17. The summed E-state index contributed by atoms with van der Waals surface area (Å²) in [6.45, 7) is 3.51. The number of carbonyl (C=O) groups is 1. The summed E-state index contributed by atoms with van der Waals surface area (Å²) in [6, 6.07) is 11.0. The molecule has 1 aromatic heterocycles. The molecular weight excluding hydrogens is 358 g/mol. The fraction of sp³-hybridized carbons (Fsp3) is 0.350. The second-order valence-corrected chi connectivity index (χ2v) is 5.96. The van der Waals surface area contributed by atoms with Gasteiger partial charge in [0, 0.05) is 32.5 Å². The lowest BCUT2D eigenvalue weighted by Crippen LogP contribution is -2.44. The number of para-hydroxylation sites is 2. The Balaban J connectivity index is 1.69. The van der Waals surface area contributed by atoms with Crippen LogP contribution in [0.2, 0.25) is 0 Å². The predicted molar refractivity (Wildman–Crippen MR) is 109 cm³/mol. The summed E-state index contributed by atoms with van der Waals surface area (Å²) >= 11 is 0. The summed E-state index contributed by atoms with van der Waals surface area (Å²) < 4.78 is 11.2. The van der Waals surface area contributed by atoms with Gasteiger partial charge in [0.25, 0.3) is 5.91 Å². The Morgan fingerprint density at radius 2 is 1.86 bits per heavy atom. The minimum absolute atomic E-state index is 0.0971. The number of benzene rings is 1. The molecule has 0 aliphatic carbocycles. The SMILES string of the molecule is CN=C(NCCNC(=O)c1cccnc1)NCC(C)Oc1ccccc1OC. The Morgan fingerprint density at radius 1 is 1.11 bits per heavy atom. The predicted octanol–water partition coefficient (Wildman–Crippen LogP) is 1.45. The Morgan fingerprint density at radius 3 is 2.54 bits per heavy atom. The number of nitrogens with zero attached hydrogens (tertiary/aromatic N) is 2. The lowest BCUT2D eigenvalue weighted by molar-refractivity contribution is 0.0954. The molecule has 0 radical (unpaired) electrons. The minimum Gasteiger partial charge on any atom is -0.493 e. The first kappa shape index (κ1) is 21.0. The summed E-state index contributed by atoms with van der Waals surface area (Å²) in [5.74, 6) is 1.87. The molecule has 8 heteroatoms. The zero-order valence-electron chi connectivity index (χ0n) is 16.4. The molecule has 3 N–H and O–H groups in total. The number of methoxy groups -OCH3 is 1. The van der Waals surface area contributed by atoms with E-state index in [-0.39, 0.29) is 12.0 Å². The van der Waals surface area contributed by atoms with Gasteiger partial charge in [-0.25, -0.2) is 0 Å². The van der Waals surface area contributed by atoms with Crippen LogP contribution in [0.1, 0.15) is 17.3 Å². The van der Waals surface area contributed by atoms with Crippen molar-refractivity contribution in [1.82, 2.24) is 20.9 Å². The lowest BCUT2D eigenvalue weighted by atomic mass is 10.3. The van der Waals surface area contributed by atoms with Crippen LogP contribution < -0.4 is 25.4 Å². The van der Waals surface area contributed by atoms with Crippen molar-refractivity contribution in [1.29, 1.82) is 0 Å². The second-order valence-electron chi connectivity index (χ2n) is 5.96. The maximum atomic E-state index is 11.9.